The second-order valence-corrected chi connectivity index (χ2v) is 4.87. The topological polar surface area (TPSA) is 59.6 Å². The van der Waals surface area contributed by atoms with Gasteiger partial charge < -0.3 is 15.8 Å². The van der Waals surface area contributed by atoms with E-state index in [4.69, 9.17) is 10.5 Å². The van der Waals surface area contributed by atoms with Gasteiger partial charge in [0.25, 0.3) is 0 Å². The van der Waals surface area contributed by atoms with Crippen molar-refractivity contribution in [2.75, 3.05) is 18.5 Å². The Labute approximate surface area is 134 Å². The van der Waals surface area contributed by atoms with Crippen molar-refractivity contribution >= 4 is 11.6 Å². The highest BCUT2D eigenvalue weighted by atomic mass is 19.1. The molecular formula is C17H19F2N3O. The molecule has 4 nitrogen and oxygen atoms in total. The van der Waals surface area contributed by atoms with Gasteiger partial charge in [0.1, 0.15) is 12.4 Å². The Kier molecular flexibility index (Phi) is 5.91. The standard InChI is InChI=1S/C17H19F2N3O/c1-2-12-4-3-5-14(10-12)22-17(20)21-8-9-23-16-7-6-13(18)11-15(16)19/h3-7,10-11H,2,8-9H2,1H3,(H3,20,21,22). The average Bonchev–Trinajstić information content (AvgIpc) is 2.53. The second kappa shape index (κ2) is 8.12. The number of rotatable bonds is 6. The molecule has 0 heterocycles. The normalized spacial score (nSPS) is 11.3. The molecule has 23 heavy (non-hydrogen) atoms. The summed E-state index contributed by atoms with van der Waals surface area (Å²) in [6.07, 6.45) is 0.934. The van der Waals surface area contributed by atoms with Crippen LogP contribution < -0.4 is 15.8 Å². The highest BCUT2D eigenvalue weighted by molar-refractivity contribution is 5.92. The van der Waals surface area contributed by atoms with E-state index >= 15 is 0 Å². The Balaban J connectivity index is 1.82. The zero-order valence-electron chi connectivity index (χ0n) is 12.9. The fourth-order valence-electron chi connectivity index (χ4n) is 1.97. The van der Waals surface area contributed by atoms with Crippen LogP contribution in [0.4, 0.5) is 14.5 Å². The van der Waals surface area contributed by atoms with E-state index in [1.165, 1.54) is 11.6 Å². The number of nitrogens with zero attached hydrogens (tertiary/aromatic N) is 1. The summed E-state index contributed by atoms with van der Waals surface area (Å²) in [6, 6.07) is 11.0. The predicted octanol–water partition coefficient (Wildman–Crippen LogP) is 3.33. The number of guanidine groups is 1. The van der Waals surface area contributed by atoms with Crippen LogP contribution in [0.5, 0.6) is 5.75 Å². The summed E-state index contributed by atoms with van der Waals surface area (Å²) in [5.41, 5.74) is 7.84. The fourth-order valence-corrected chi connectivity index (χ4v) is 1.97. The van der Waals surface area contributed by atoms with Crippen LogP contribution in [0.15, 0.2) is 47.5 Å². The molecule has 6 heteroatoms. The largest absolute Gasteiger partial charge is 0.489 e. The summed E-state index contributed by atoms with van der Waals surface area (Å²) >= 11 is 0. The summed E-state index contributed by atoms with van der Waals surface area (Å²) < 4.78 is 31.3. The minimum atomic E-state index is -0.739. The van der Waals surface area contributed by atoms with Gasteiger partial charge in [-0.05, 0) is 36.2 Å². The number of aliphatic imine (C=N–C) groups is 1. The highest BCUT2D eigenvalue weighted by Gasteiger charge is 2.04. The molecule has 0 aliphatic heterocycles. The van der Waals surface area contributed by atoms with Crippen molar-refractivity contribution < 1.29 is 13.5 Å². The number of nitrogens with two attached hydrogens (primary N) is 1. The molecular weight excluding hydrogens is 300 g/mol. The van der Waals surface area contributed by atoms with Gasteiger partial charge in [0, 0.05) is 11.8 Å². The van der Waals surface area contributed by atoms with E-state index in [9.17, 15) is 8.78 Å². The molecule has 0 unspecified atom stereocenters. The first kappa shape index (κ1) is 16.7. The molecule has 0 spiro atoms. The van der Waals surface area contributed by atoms with Gasteiger partial charge in [-0.3, -0.25) is 0 Å². The van der Waals surface area contributed by atoms with Crippen LogP contribution in [-0.4, -0.2) is 19.1 Å². The third-order valence-corrected chi connectivity index (χ3v) is 3.13. The average molecular weight is 319 g/mol. The number of hydrogen-bond donors (Lipinski definition) is 2. The van der Waals surface area contributed by atoms with Gasteiger partial charge in [-0.25, -0.2) is 13.8 Å². The summed E-state index contributed by atoms with van der Waals surface area (Å²) in [4.78, 5) is 4.10. The van der Waals surface area contributed by atoms with E-state index in [0.717, 1.165) is 24.2 Å². The summed E-state index contributed by atoms with van der Waals surface area (Å²) in [7, 11) is 0. The molecule has 0 aliphatic rings. The van der Waals surface area contributed by atoms with Gasteiger partial charge in [0.05, 0.1) is 6.54 Å². The SMILES string of the molecule is CCc1cccc(NC(N)=NCCOc2ccc(F)cc2F)c1. The number of nitrogens with one attached hydrogen (secondary N) is 1. The first-order chi connectivity index (χ1) is 11.1. The van der Waals surface area contributed by atoms with Crippen LogP contribution in [0.25, 0.3) is 0 Å². The number of halogens is 2. The van der Waals surface area contributed by atoms with Crippen molar-refractivity contribution in [3.05, 3.63) is 59.7 Å². The predicted molar refractivity (Wildman–Crippen MR) is 87.8 cm³/mol. The minimum Gasteiger partial charge on any atom is -0.489 e. The van der Waals surface area contributed by atoms with Crippen LogP contribution in [0, 0.1) is 11.6 Å². The molecule has 2 rings (SSSR count). The van der Waals surface area contributed by atoms with Crippen molar-refractivity contribution in [2.24, 2.45) is 10.7 Å². The molecule has 0 bridgehead atoms. The van der Waals surface area contributed by atoms with E-state index in [1.807, 2.05) is 24.3 Å². The van der Waals surface area contributed by atoms with Crippen molar-refractivity contribution in [1.82, 2.24) is 0 Å². The number of hydrogen-bond acceptors (Lipinski definition) is 2. The molecule has 0 amide bonds. The molecule has 0 saturated heterocycles. The quantitative estimate of drug-likeness (QED) is 0.488. The molecule has 2 aromatic rings. The summed E-state index contributed by atoms with van der Waals surface area (Å²) in [5, 5.41) is 2.98. The van der Waals surface area contributed by atoms with Gasteiger partial charge >= 0.3 is 0 Å². The Hall–Kier alpha value is -2.63. The van der Waals surface area contributed by atoms with Gasteiger partial charge in [-0.15, -0.1) is 0 Å². The van der Waals surface area contributed by atoms with Gasteiger partial charge in [-0.1, -0.05) is 19.1 Å². The van der Waals surface area contributed by atoms with Gasteiger partial charge in [0.2, 0.25) is 0 Å². The molecule has 3 N–H and O–H groups in total. The molecule has 122 valence electrons. The van der Waals surface area contributed by atoms with Crippen molar-refractivity contribution in [3.63, 3.8) is 0 Å². The lowest BCUT2D eigenvalue weighted by Crippen LogP contribution is -2.23. The van der Waals surface area contributed by atoms with Crippen LogP contribution >= 0.6 is 0 Å². The Morgan fingerprint density at radius 3 is 2.78 bits per heavy atom. The zero-order chi connectivity index (χ0) is 16.7. The maximum Gasteiger partial charge on any atom is 0.193 e. The number of anilines is 1. The van der Waals surface area contributed by atoms with E-state index in [1.54, 1.807) is 0 Å². The van der Waals surface area contributed by atoms with Gasteiger partial charge in [0.15, 0.2) is 17.5 Å². The third-order valence-electron chi connectivity index (χ3n) is 3.13. The first-order valence-electron chi connectivity index (χ1n) is 7.32. The minimum absolute atomic E-state index is 0.0104. The van der Waals surface area contributed by atoms with E-state index in [0.29, 0.717) is 0 Å². The van der Waals surface area contributed by atoms with Gasteiger partial charge in [-0.2, -0.15) is 0 Å². The smallest absolute Gasteiger partial charge is 0.193 e. The number of ether oxygens (including phenoxy) is 1. The maximum atomic E-state index is 13.4. The van der Waals surface area contributed by atoms with E-state index in [2.05, 4.69) is 17.2 Å². The molecule has 0 saturated carbocycles. The summed E-state index contributed by atoms with van der Waals surface area (Å²) in [5.74, 6) is -1.14. The van der Waals surface area contributed by atoms with E-state index < -0.39 is 11.6 Å². The van der Waals surface area contributed by atoms with E-state index in [-0.39, 0.29) is 24.9 Å². The number of aryl methyl sites for hydroxylation is 1. The highest BCUT2D eigenvalue weighted by Crippen LogP contribution is 2.17. The first-order valence-corrected chi connectivity index (χ1v) is 7.32. The summed E-state index contributed by atoms with van der Waals surface area (Å²) in [6.45, 7) is 2.46. The molecule has 0 fully saturated rings. The van der Waals surface area contributed by atoms with Crippen LogP contribution in [-0.2, 0) is 6.42 Å². The molecule has 0 atom stereocenters. The van der Waals surface area contributed by atoms with Crippen molar-refractivity contribution in [3.8, 4) is 5.75 Å². The Morgan fingerprint density at radius 1 is 1.22 bits per heavy atom. The Morgan fingerprint density at radius 2 is 2.04 bits per heavy atom. The molecule has 0 aliphatic carbocycles. The van der Waals surface area contributed by atoms with Crippen LogP contribution in [0.3, 0.4) is 0 Å². The second-order valence-electron chi connectivity index (χ2n) is 4.87. The molecule has 0 radical (unpaired) electrons. The van der Waals surface area contributed by atoms with Crippen LogP contribution in [0.2, 0.25) is 0 Å². The lowest BCUT2D eigenvalue weighted by Gasteiger charge is -2.08. The lowest BCUT2D eigenvalue weighted by atomic mass is 10.1. The fraction of sp³-hybridized carbons (Fsp3) is 0.235. The maximum absolute atomic E-state index is 13.4. The molecule has 2 aromatic carbocycles. The zero-order valence-corrected chi connectivity index (χ0v) is 12.9. The third kappa shape index (κ3) is 5.25. The monoisotopic (exact) mass is 319 g/mol. The molecule has 0 aromatic heterocycles. The number of benzene rings is 2. The van der Waals surface area contributed by atoms with Crippen LogP contribution in [0.1, 0.15) is 12.5 Å². The lowest BCUT2D eigenvalue weighted by molar-refractivity contribution is 0.310. The van der Waals surface area contributed by atoms with Crippen molar-refractivity contribution in [2.45, 2.75) is 13.3 Å². The Bertz CT molecular complexity index is 689. The van der Waals surface area contributed by atoms with Crippen molar-refractivity contribution in [1.29, 1.82) is 0 Å².